The van der Waals surface area contributed by atoms with E-state index in [0.29, 0.717) is 25.0 Å². The van der Waals surface area contributed by atoms with Crippen LogP contribution in [-0.2, 0) is 9.53 Å². The van der Waals surface area contributed by atoms with Crippen molar-refractivity contribution in [2.75, 3.05) is 13.2 Å². The number of esters is 1. The summed E-state index contributed by atoms with van der Waals surface area (Å²) < 4.78 is 18.4. The van der Waals surface area contributed by atoms with Gasteiger partial charge in [-0.1, -0.05) is 0 Å². The summed E-state index contributed by atoms with van der Waals surface area (Å²) in [7, 11) is 0. The molecule has 3 N–H and O–H groups in total. The maximum Gasteiger partial charge on any atom is 0.313 e. The van der Waals surface area contributed by atoms with Crippen LogP contribution in [0.15, 0.2) is 24.4 Å². The first kappa shape index (κ1) is 13.5. The Morgan fingerprint density at radius 2 is 2.32 bits per heavy atom. The van der Waals surface area contributed by atoms with E-state index in [1.54, 1.807) is 19.2 Å². The van der Waals surface area contributed by atoms with Crippen LogP contribution < -0.4 is 5.73 Å². The van der Waals surface area contributed by atoms with Crippen molar-refractivity contribution in [2.45, 2.75) is 19.3 Å². The van der Waals surface area contributed by atoms with Crippen LogP contribution in [0.2, 0.25) is 0 Å². The maximum absolute atomic E-state index is 13.3. The number of nitrogens with one attached hydrogen (secondary N) is 1. The van der Waals surface area contributed by atoms with Crippen molar-refractivity contribution in [2.24, 2.45) is 5.73 Å². The molecule has 19 heavy (non-hydrogen) atoms. The Kier molecular flexibility index (Phi) is 4.16. The molecule has 0 saturated carbocycles. The van der Waals surface area contributed by atoms with Gasteiger partial charge in [-0.3, -0.25) is 4.79 Å². The number of fused-ring (bicyclic) bond motifs is 1. The molecule has 2 aromatic rings. The molecule has 102 valence electrons. The largest absolute Gasteiger partial charge is 0.466 e. The van der Waals surface area contributed by atoms with Crippen molar-refractivity contribution in [3.05, 3.63) is 35.8 Å². The highest BCUT2D eigenvalue weighted by Crippen LogP contribution is 2.29. The van der Waals surface area contributed by atoms with Crippen molar-refractivity contribution in [3.63, 3.8) is 0 Å². The molecule has 0 amide bonds. The molecule has 0 bridgehead atoms. The van der Waals surface area contributed by atoms with Crippen molar-refractivity contribution in [1.82, 2.24) is 4.98 Å². The summed E-state index contributed by atoms with van der Waals surface area (Å²) in [5.74, 6) is -1.11. The molecule has 4 nitrogen and oxygen atoms in total. The molecule has 5 heteroatoms. The molecule has 0 saturated heterocycles. The van der Waals surface area contributed by atoms with E-state index in [9.17, 15) is 9.18 Å². The zero-order valence-electron chi connectivity index (χ0n) is 10.8. The van der Waals surface area contributed by atoms with Gasteiger partial charge in [0.15, 0.2) is 0 Å². The number of aromatic amines is 1. The lowest BCUT2D eigenvalue weighted by Gasteiger charge is -2.14. The second-order valence-corrected chi connectivity index (χ2v) is 4.32. The number of hydrogen-bond acceptors (Lipinski definition) is 3. The molecule has 1 aromatic heterocycles. The van der Waals surface area contributed by atoms with Crippen LogP contribution in [0.5, 0.6) is 0 Å². The Hall–Kier alpha value is -1.88. The van der Waals surface area contributed by atoms with E-state index in [1.165, 1.54) is 12.1 Å². The highest BCUT2D eigenvalue weighted by Gasteiger charge is 2.24. The molecule has 1 unspecified atom stereocenters. The van der Waals surface area contributed by atoms with Crippen LogP contribution in [-0.4, -0.2) is 24.1 Å². The molecular formula is C14H17FN2O2. The molecule has 0 aliphatic heterocycles. The summed E-state index contributed by atoms with van der Waals surface area (Å²) in [4.78, 5) is 15.0. The lowest BCUT2D eigenvalue weighted by Crippen LogP contribution is -2.19. The van der Waals surface area contributed by atoms with Gasteiger partial charge < -0.3 is 15.5 Å². The van der Waals surface area contributed by atoms with Crippen LogP contribution in [0.1, 0.15) is 24.8 Å². The molecule has 1 heterocycles. The minimum Gasteiger partial charge on any atom is -0.466 e. The summed E-state index contributed by atoms with van der Waals surface area (Å²) in [5, 5.41) is 0.700. The average molecular weight is 264 g/mol. The smallest absolute Gasteiger partial charge is 0.313 e. The van der Waals surface area contributed by atoms with E-state index in [1.807, 2.05) is 0 Å². The van der Waals surface area contributed by atoms with Gasteiger partial charge >= 0.3 is 5.97 Å². The van der Waals surface area contributed by atoms with Crippen LogP contribution in [0, 0.1) is 5.82 Å². The number of benzene rings is 1. The molecular weight excluding hydrogens is 247 g/mol. The fraction of sp³-hybridized carbons (Fsp3) is 0.357. The number of nitrogens with two attached hydrogens (primary N) is 1. The summed E-state index contributed by atoms with van der Waals surface area (Å²) >= 11 is 0. The standard InChI is InChI=1S/C14H17FN2O2/c1-2-19-14(18)10(5-6-16)12-8-17-13-4-3-9(15)7-11(12)13/h3-4,7-8,10,17H,2,5-6,16H2,1H3. The average Bonchev–Trinajstić information content (AvgIpc) is 2.79. The number of hydrogen-bond donors (Lipinski definition) is 2. The minimum absolute atomic E-state index is 0.316. The van der Waals surface area contributed by atoms with Crippen LogP contribution in [0.3, 0.4) is 0 Å². The highest BCUT2D eigenvalue weighted by atomic mass is 19.1. The molecule has 2 rings (SSSR count). The van der Waals surface area contributed by atoms with E-state index < -0.39 is 5.92 Å². The third kappa shape index (κ3) is 2.76. The number of halogens is 1. The van der Waals surface area contributed by atoms with Gasteiger partial charge in [0.05, 0.1) is 12.5 Å². The maximum atomic E-state index is 13.3. The Morgan fingerprint density at radius 1 is 1.53 bits per heavy atom. The van der Waals surface area contributed by atoms with Gasteiger partial charge in [0.25, 0.3) is 0 Å². The first-order chi connectivity index (χ1) is 9.17. The van der Waals surface area contributed by atoms with Crippen LogP contribution >= 0.6 is 0 Å². The molecule has 0 aliphatic carbocycles. The van der Waals surface area contributed by atoms with Gasteiger partial charge in [0, 0.05) is 17.1 Å². The van der Waals surface area contributed by atoms with Gasteiger partial charge in [-0.2, -0.15) is 0 Å². The van der Waals surface area contributed by atoms with E-state index in [2.05, 4.69) is 4.98 Å². The second-order valence-electron chi connectivity index (χ2n) is 4.32. The molecule has 1 atom stereocenters. The second kappa shape index (κ2) is 5.84. The van der Waals surface area contributed by atoms with Gasteiger partial charge in [0.2, 0.25) is 0 Å². The quantitative estimate of drug-likeness (QED) is 0.814. The lowest BCUT2D eigenvalue weighted by atomic mass is 9.95. The molecule has 0 aliphatic rings. The predicted octanol–water partition coefficient (Wildman–Crippen LogP) is 2.30. The van der Waals surface area contributed by atoms with E-state index >= 15 is 0 Å². The Labute approximate surface area is 110 Å². The third-order valence-corrected chi connectivity index (χ3v) is 3.08. The van der Waals surface area contributed by atoms with E-state index in [0.717, 1.165) is 11.1 Å². The van der Waals surface area contributed by atoms with E-state index in [-0.39, 0.29) is 11.8 Å². The van der Waals surface area contributed by atoms with Crippen molar-refractivity contribution in [1.29, 1.82) is 0 Å². The summed E-state index contributed by atoms with van der Waals surface area (Å²) in [6.07, 6.45) is 2.20. The number of aromatic nitrogens is 1. The number of carbonyl (C=O) groups is 1. The normalized spacial score (nSPS) is 12.6. The summed E-state index contributed by atoms with van der Waals surface area (Å²) in [5.41, 5.74) is 7.08. The van der Waals surface area contributed by atoms with Gasteiger partial charge in [0.1, 0.15) is 5.82 Å². The zero-order valence-corrected chi connectivity index (χ0v) is 10.8. The Balaban J connectivity index is 2.43. The zero-order chi connectivity index (χ0) is 13.8. The van der Waals surface area contributed by atoms with Crippen molar-refractivity contribution < 1.29 is 13.9 Å². The highest BCUT2D eigenvalue weighted by molar-refractivity contribution is 5.90. The number of rotatable bonds is 5. The summed E-state index contributed by atoms with van der Waals surface area (Å²) in [6.45, 7) is 2.44. The first-order valence-corrected chi connectivity index (χ1v) is 6.30. The molecule has 0 radical (unpaired) electrons. The third-order valence-electron chi connectivity index (χ3n) is 3.08. The molecule has 1 aromatic carbocycles. The van der Waals surface area contributed by atoms with E-state index in [4.69, 9.17) is 10.5 Å². The van der Waals surface area contributed by atoms with Gasteiger partial charge in [-0.15, -0.1) is 0 Å². The predicted molar refractivity (Wildman–Crippen MR) is 71.3 cm³/mol. The van der Waals surface area contributed by atoms with Crippen molar-refractivity contribution >= 4 is 16.9 Å². The number of ether oxygens (including phenoxy) is 1. The van der Waals surface area contributed by atoms with Gasteiger partial charge in [-0.25, -0.2) is 4.39 Å². The Morgan fingerprint density at radius 3 is 3.00 bits per heavy atom. The number of H-pyrrole nitrogens is 1. The number of carbonyl (C=O) groups excluding carboxylic acids is 1. The summed E-state index contributed by atoms with van der Waals surface area (Å²) in [6, 6.07) is 4.45. The fourth-order valence-corrected chi connectivity index (χ4v) is 2.21. The van der Waals surface area contributed by atoms with Crippen LogP contribution in [0.25, 0.3) is 10.9 Å². The Bertz CT molecular complexity index is 580. The topological polar surface area (TPSA) is 68.1 Å². The molecule has 0 fully saturated rings. The van der Waals surface area contributed by atoms with Crippen molar-refractivity contribution in [3.8, 4) is 0 Å². The SMILES string of the molecule is CCOC(=O)C(CCN)c1c[nH]c2ccc(F)cc12. The minimum atomic E-state index is -0.458. The fourth-order valence-electron chi connectivity index (χ4n) is 2.21. The molecule has 0 spiro atoms. The monoisotopic (exact) mass is 264 g/mol. The van der Waals surface area contributed by atoms with Crippen LogP contribution in [0.4, 0.5) is 4.39 Å². The van der Waals surface area contributed by atoms with Gasteiger partial charge in [-0.05, 0) is 43.7 Å². The first-order valence-electron chi connectivity index (χ1n) is 6.30. The lowest BCUT2D eigenvalue weighted by molar-refractivity contribution is -0.145.